The Bertz CT molecular complexity index is 854. The molecule has 0 saturated heterocycles. The number of benzene rings is 1. The van der Waals surface area contributed by atoms with Crippen molar-refractivity contribution in [3.8, 4) is 0 Å². The molecule has 2 aliphatic heterocycles. The third kappa shape index (κ3) is 1.60. The van der Waals surface area contributed by atoms with Crippen molar-refractivity contribution in [3.05, 3.63) is 53.7 Å². The lowest BCUT2D eigenvalue weighted by Crippen LogP contribution is -2.46. The van der Waals surface area contributed by atoms with Crippen molar-refractivity contribution in [3.63, 3.8) is 0 Å². The predicted octanol–water partition coefficient (Wildman–Crippen LogP) is 1.88. The smallest absolute Gasteiger partial charge is 0.243 e. The second-order valence-electron chi connectivity index (χ2n) is 5.96. The van der Waals surface area contributed by atoms with Crippen LogP contribution in [0.2, 0.25) is 0 Å². The molecule has 0 saturated carbocycles. The fourth-order valence-corrected chi connectivity index (χ4v) is 3.77. The number of fused-ring (bicyclic) bond motifs is 4. The maximum Gasteiger partial charge on any atom is 0.243 e. The van der Waals surface area contributed by atoms with E-state index in [1.165, 1.54) is 0 Å². The number of hydrogen-bond donors (Lipinski definition) is 2. The van der Waals surface area contributed by atoms with E-state index >= 15 is 0 Å². The molecule has 1 unspecified atom stereocenters. The van der Waals surface area contributed by atoms with Crippen LogP contribution in [0.3, 0.4) is 0 Å². The van der Waals surface area contributed by atoms with Gasteiger partial charge in [-0.3, -0.25) is 14.7 Å². The molecular weight excluding hydrogens is 292 g/mol. The van der Waals surface area contributed by atoms with Gasteiger partial charge in [-0.05, 0) is 18.1 Å². The Labute approximate surface area is 133 Å². The summed E-state index contributed by atoms with van der Waals surface area (Å²) in [6.45, 7) is 6.13. The van der Waals surface area contributed by atoms with Crippen molar-refractivity contribution in [1.82, 2.24) is 10.2 Å². The van der Waals surface area contributed by atoms with Crippen molar-refractivity contribution in [2.24, 2.45) is 0 Å². The third-order valence-corrected chi connectivity index (χ3v) is 4.68. The van der Waals surface area contributed by atoms with E-state index in [1.807, 2.05) is 25.1 Å². The van der Waals surface area contributed by atoms with E-state index in [-0.39, 0.29) is 18.2 Å². The summed E-state index contributed by atoms with van der Waals surface area (Å²) in [4.78, 5) is 27.3. The standard InChI is InChI=1S/C17H16N4O2/c1-3-7-21-14-10(2)5-4-6-11(14)17(16(21)23)8-13(22)19-15-12(17)9-18-20-15/h3-6,9H,1,7-8H2,2H3,(H2,18,19,20,22). The maximum absolute atomic E-state index is 13.3. The summed E-state index contributed by atoms with van der Waals surface area (Å²) in [6.07, 6.45) is 3.42. The molecule has 2 N–H and O–H groups in total. The number of carbonyl (C=O) groups excluding carboxylic acids is 2. The zero-order valence-corrected chi connectivity index (χ0v) is 12.7. The van der Waals surface area contributed by atoms with Crippen LogP contribution in [-0.2, 0) is 15.0 Å². The molecule has 3 heterocycles. The van der Waals surface area contributed by atoms with Crippen molar-refractivity contribution in [1.29, 1.82) is 0 Å². The number of amides is 2. The number of nitrogens with zero attached hydrogens (tertiary/aromatic N) is 2. The van der Waals surface area contributed by atoms with Gasteiger partial charge >= 0.3 is 0 Å². The minimum atomic E-state index is -1.00. The van der Waals surface area contributed by atoms with Gasteiger partial charge in [0.15, 0.2) is 0 Å². The van der Waals surface area contributed by atoms with Gasteiger partial charge in [0.2, 0.25) is 11.8 Å². The highest BCUT2D eigenvalue weighted by molar-refractivity contribution is 6.16. The molecule has 6 heteroatoms. The van der Waals surface area contributed by atoms with Crippen LogP contribution in [0.25, 0.3) is 0 Å². The predicted molar refractivity (Wildman–Crippen MR) is 86.3 cm³/mol. The summed E-state index contributed by atoms with van der Waals surface area (Å²) in [6, 6.07) is 5.83. The third-order valence-electron chi connectivity index (χ3n) is 4.68. The Morgan fingerprint density at radius 2 is 2.22 bits per heavy atom. The minimum absolute atomic E-state index is 0.0858. The Hall–Kier alpha value is -2.89. The summed E-state index contributed by atoms with van der Waals surface area (Å²) < 4.78 is 0. The second kappa shape index (κ2) is 4.55. The van der Waals surface area contributed by atoms with Gasteiger partial charge in [-0.1, -0.05) is 24.3 Å². The molecule has 0 fully saturated rings. The van der Waals surface area contributed by atoms with Crippen molar-refractivity contribution in [2.45, 2.75) is 18.8 Å². The van der Waals surface area contributed by atoms with Crippen molar-refractivity contribution in [2.75, 3.05) is 16.8 Å². The number of anilines is 2. The van der Waals surface area contributed by atoms with E-state index in [9.17, 15) is 9.59 Å². The number of aryl methyl sites for hydroxylation is 1. The molecule has 2 aromatic rings. The van der Waals surface area contributed by atoms with E-state index in [0.717, 1.165) is 22.4 Å². The zero-order valence-electron chi connectivity index (χ0n) is 12.7. The molecule has 1 spiro atoms. The number of aromatic amines is 1. The van der Waals surface area contributed by atoms with Crippen LogP contribution in [0.5, 0.6) is 0 Å². The largest absolute Gasteiger partial charge is 0.311 e. The van der Waals surface area contributed by atoms with E-state index < -0.39 is 5.41 Å². The quantitative estimate of drug-likeness (QED) is 0.832. The summed E-state index contributed by atoms with van der Waals surface area (Å²) >= 11 is 0. The number of para-hydroxylation sites is 1. The molecule has 23 heavy (non-hydrogen) atoms. The first-order valence-electron chi connectivity index (χ1n) is 7.46. The number of H-pyrrole nitrogens is 1. The van der Waals surface area contributed by atoms with Gasteiger partial charge in [0, 0.05) is 18.5 Å². The Morgan fingerprint density at radius 3 is 3.00 bits per heavy atom. The van der Waals surface area contributed by atoms with Gasteiger partial charge in [0.1, 0.15) is 11.2 Å². The molecule has 1 atom stereocenters. The summed E-state index contributed by atoms with van der Waals surface area (Å²) in [7, 11) is 0. The van der Waals surface area contributed by atoms with Crippen LogP contribution in [-0.4, -0.2) is 28.6 Å². The molecule has 1 aromatic carbocycles. The fraction of sp³-hybridized carbons (Fsp3) is 0.235. The molecule has 6 nitrogen and oxygen atoms in total. The highest BCUT2D eigenvalue weighted by atomic mass is 16.2. The molecule has 2 aliphatic rings. The maximum atomic E-state index is 13.3. The first kappa shape index (κ1) is 13.8. The molecule has 2 amide bonds. The molecular formula is C17H16N4O2. The highest BCUT2D eigenvalue weighted by Crippen LogP contribution is 2.52. The molecule has 116 valence electrons. The molecule has 0 aliphatic carbocycles. The van der Waals surface area contributed by atoms with Crippen LogP contribution in [0.4, 0.5) is 11.5 Å². The monoisotopic (exact) mass is 308 g/mol. The first-order chi connectivity index (χ1) is 11.1. The molecule has 1 aromatic heterocycles. The lowest BCUT2D eigenvalue weighted by atomic mass is 9.71. The average molecular weight is 308 g/mol. The average Bonchev–Trinajstić information content (AvgIpc) is 3.07. The van der Waals surface area contributed by atoms with Crippen LogP contribution in [0.1, 0.15) is 23.1 Å². The number of carbonyl (C=O) groups is 2. The van der Waals surface area contributed by atoms with Crippen LogP contribution >= 0.6 is 0 Å². The number of hydrogen-bond acceptors (Lipinski definition) is 3. The zero-order chi connectivity index (χ0) is 16.2. The Kier molecular flexibility index (Phi) is 2.72. The van der Waals surface area contributed by atoms with E-state index in [4.69, 9.17) is 0 Å². The van der Waals surface area contributed by atoms with Crippen molar-refractivity contribution < 1.29 is 9.59 Å². The summed E-state index contributed by atoms with van der Waals surface area (Å²) in [5.41, 5.74) is 2.46. The second-order valence-corrected chi connectivity index (χ2v) is 5.96. The Morgan fingerprint density at radius 1 is 1.39 bits per heavy atom. The highest BCUT2D eigenvalue weighted by Gasteiger charge is 2.56. The minimum Gasteiger partial charge on any atom is -0.311 e. The van der Waals surface area contributed by atoms with E-state index in [0.29, 0.717) is 12.4 Å². The first-order valence-corrected chi connectivity index (χ1v) is 7.46. The molecule has 0 radical (unpaired) electrons. The van der Waals surface area contributed by atoms with Gasteiger partial charge in [0.25, 0.3) is 0 Å². The normalized spacial score (nSPS) is 22.0. The van der Waals surface area contributed by atoms with Gasteiger partial charge < -0.3 is 10.2 Å². The molecule has 4 rings (SSSR count). The Balaban J connectivity index is 2.05. The SMILES string of the molecule is C=CCN1C(=O)C2(CC(=O)Nc3[nH]ncc32)c2cccc(C)c21. The van der Waals surface area contributed by atoms with Crippen LogP contribution in [0.15, 0.2) is 37.1 Å². The van der Waals surface area contributed by atoms with E-state index in [2.05, 4.69) is 22.1 Å². The van der Waals surface area contributed by atoms with Gasteiger partial charge in [0.05, 0.1) is 11.9 Å². The number of rotatable bonds is 2. The van der Waals surface area contributed by atoms with Gasteiger partial charge in [-0.15, -0.1) is 6.58 Å². The van der Waals surface area contributed by atoms with Gasteiger partial charge in [-0.2, -0.15) is 5.10 Å². The number of nitrogens with one attached hydrogen (secondary N) is 2. The molecule has 0 bridgehead atoms. The number of aromatic nitrogens is 2. The summed E-state index contributed by atoms with van der Waals surface area (Å²) in [5.74, 6) is 0.213. The van der Waals surface area contributed by atoms with Crippen LogP contribution < -0.4 is 10.2 Å². The lowest BCUT2D eigenvalue weighted by molar-refractivity contribution is -0.126. The fourth-order valence-electron chi connectivity index (χ4n) is 3.77. The summed E-state index contributed by atoms with van der Waals surface area (Å²) in [5, 5.41) is 9.56. The topological polar surface area (TPSA) is 78.1 Å². The van der Waals surface area contributed by atoms with Gasteiger partial charge in [-0.25, -0.2) is 0 Å². The van der Waals surface area contributed by atoms with Crippen molar-refractivity contribution >= 4 is 23.3 Å². The lowest BCUT2D eigenvalue weighted by Gasteiger charge is -2.31. The van der Waals surface area contributed by atoms with Crippen LogP contribution in [0, 0.1) is 6.92 Å². The van der Waals surface area contributed by atoms with E-state index in [1.54, 1.807) is 17.2 Å².